The fourth-order valence-corrected chi connectivity index (χ4v) is 2.77. The maximum Gasteiger partial charge on any atom is 0.231 e. The summed E-state index contributed by atoms with van der Waals surface area (Å²) in [7, 11) is 0. The van der Waals surface area contributed by atoms with Crippen molar-refractivity contribution in [3.05, 3.63) is 23.8 Å². The number of fused-ring (bicyclic) bond motifs is 1. The second-order valence-corrected chi connectivity index (χ2v) is 6.15. The van der Waals surface area contributed by atoms with E-state index >= 15 is 0 Å². The summed E-state index contributed by atoms with van der Waals surface area (Å²) in [5, 5.41) is 8.04. The zero-order valence-corrected chi connectivity index (χ0v) is 14.6. The number of thiocarbonyl (C=S) groups is 1. The first-order valence-electron chi connectivity index (χ1n) is 8.12. The first-order chi connectivity index (χ1) is 11.7. The molecule has 0 unspecified atom stereocenters. The van der Waals surface area contributed by atoms with E-state index in [4.69, 9.17) is 26.4 Å². The average Bonchev–Trinajstić information content (AvgIpc) is 3.08. The van der Waals surface area contributed by atoms with Crippen LogP contribution in [0.4, 0.5) is 0 Å². The van der Waals surface area contributed by atoms with E-state index in [0.29, 0.717) is 5.11 Å². The normalized spacial score (nSPS) is 17.6. The molecule has 0 amide bonds. The van der Waals surface area contributed by atoms with Crippen molar-refractivity contribution in [2.24, 2.45) is 5.10 Å². The van der Waals surface area contributed by atoms with E-state index in [0.717, 1.165) is 62.2 Å². The second kappa shape index (κ2) is 8.27. The topological polar surface area (TPSA) is 68.6 Å². The highest BCUT2D eigenvalue weighted by molar-refractivity contribution is 7.80. The fourth-order valence-electron chi connectivity index (χ4n) is 2.62. The number of ether oxygens (including phenoxy) is 3. The van der Waals surface area contributed by atoms with E-state index in [-0.39, 0.29) is 6.79 Å². The summed E-state index contributed by atoms with van der Waals surface area (Å²) in [4.78, 5) is 1.54. The van der Waals surface area contributed by atoms with Crippen LogP contribution in [0.15, 0.2) is 23.3 Å². The highest BCUT2D eigenvalue weighted by Gasteiger charge is 2.14. The van der Waals surface area contributed by atoms with E-state index in [1.165, 1.54) is 4.90 Å². The molecule has 1 aromatic carbocycles. The van der Waals surface area contributed by atoms with Gasteiger partial charge < -0.3 is 24.4 Å². The van der Waals surface area contributed by atoms with Crippen molar-refractivity contribution >= 4 is 23.0 Å². The molecule has 0 atom stereocenters. The molecule has 8 heteroatoms. The van der Waals surface area contributed by atoms with Gasteiger partial charge in [-0.15, -0.1) is 0 Å². The molecule has 130 valence electrons. The molecule has 0 radical (unpaired) electrons. The third kappa shape index (κ3) is 4.56. The van der Waals surface area contributed by atoms with E-state index < -0.39 is 0 Å². The lowest BCUT2D eigenvalue weighted by molar-refractivity contribution is -0.906. The number of nitrogens with zero attached hydrogens (tertiary/aromatic N) is 1. The van der Waals surface area contributed by atoms with Gasteiger partial charge in [0, 0.05) is 5.56 Å². The van der Waals surface area contributed by atoms with Crippen molar-refractivity contribution in [2.45, 2.75) is 6.92 Å². The van der Waals surface area contributed by atoms with Gasteiger partial charge in [0.25, 0.3) is 0 Å². The van der Waals surface area contributed by atoms with Crippen LogP contribution in [0.3, 0.4) is 0 Å². The average molecular weight is 351 g/mol. The molecule has 0 aromatic heterocycles. The maximum absolute atomic E-state index is 5.38. The molecule has 3 rings (SSSR count). The van der Waals surface area contributed by atoms with Gasteiger partial charge >= 0.3 is 0 Å². The Labute approximate surface area is 146 Å². The Kier molecular flexibility index (Phi) is 5.84. The quantitative estimate of drug-likeness (QED) is 0.378. The summed E-state index contributed by atoms with van der Waals surface area (Å²) >= 11 is 5.26. The van der Waals surface area contributed by atoms with Crippen LogP contribution in [0.1, 0.15) is 12.5 Å². The Bertz CT molecular complexity index is 617. The molecule has 0 aliphatic carbocycles. The van der Waals surface area contributed by atoms with E-state index in [1.807, 2.05) is 25.1 Å². The number of quaternary nitrogens is 1. The van der Waals surface area contributed by atoms with Crippen molar-refractivity contribution in [3.8, 4) is 11.5 Å². The number of hydrazone groups is 1. The number of morpholine rings is 1. The zero-order chi connectivity index (χ0) is 16.8. The minimum atomic E-state index is 0.270. The number of hydrogen-bond acceptors (Lipinski definition) is 5. The number of hydrogen-bond donors (Lipinski definition) is 3. The zero-order valence-electron chi connectivity index (χ0n) is 13.8. The smallest absolute Gasteiger partial charge is 0.231 e. The van der Waals surface area contributed by atoms with Gasteiger partial charge in [-0.3, -0.25) is 5.43 Å². The van der Waals surface area contributed by atoms with Gasteiger partial charge in [0.15, 0.2) is 16.6 Å². The van der Waals surface area contributed by atoms with Crippen molar-refractivity contribution < 1.29 is 19.1 Å². The minimum Gasteiger partial charge on any atom is -0.454 e. The van der Waals surface area contributed by atoms with Gasteiger partial charge in [-0.1, -0.05) is 0 Å². The fraction of sp³-hybridized carbons (Fsp3) is 0.500. The SMILES string of the molecule is C/C(=N/NC(=S)NCC[NH+]1CCOCC1)c1ccc2c(c1)OCO2. The third-order valence-corrected chi connectivity index (χ3v) is 4.32. The summed E-state index contributed by atoms with van der Waals surface area (Å²) in [5.41, 5.74) is 4.68. The predicted octanol–water partition coefficient (Wildman–Crippen LogP) is -0.481. The molecular weight excluding hydrogens is 328 g/mol. The monoisotopic (exact) mass is 351 g/mol. The molecule has 0 spiro atoms. The Morgan fingerprint density at radius 3 is 2.88 bits per heavy atom. The van der Waals surface area contributed by atoms with Crippen LogP contribution in [0.5, 0.6) is 11.5 Å². The molecule has 1 aromatic rings. The van der Waals surface area contributed by atoms with Crippen molar-refractivity contribution in [1.29, 1.82) is 0 Å². The van der Waals surface area contributed by atoms with Crippen molar-refractivity contribution in [3.63, 3.8) is 0 Å². The van der Waals surface area contributed by atoms with Crippen LogP contribution in [0.25, 0.3) is 0 Å². The van der Waals surface area contributed by atoms with E-state index in [2.05, 4.69) is 15.8 Å². The molecule has 1 saturated heterocycles. The molecule has 0 saturated carbocycles. The van der Waals surface area contributed by atoms with Crippen molar-refractivity contribution in [2.75, 3.05) is 46.2 Å². The maximum atomic E-state index is 5.38. The molecule has 1 fully saturated rings. The standard InChI is InChI=1S/C16H22N4O3S/c1-12(13-2-3-14-15(10-13)23-11-22-14)18-19-16(24)17-4-5-20-6-8-21-9-7-20/h2-3,10H,4-9,11H2,1H3,(H2,17,19,24)/p+1/b18-12-. The molecule has 0 bridgehead atoms. The molecule has 24 heavy (non-hydrogen) atoms. The summed E-state index contributed by atoms with van der Waals surface area (Å²) in [6.45, 7) is 7.84. The second-order valence-electron chi connectivity index (χ2n) is 5.75. The molecule has 2 aliphatic heterocycles. The molecule has 3 N–H and O–H groups in total. The van der Waals surface area contributed by atoms with Gasteiger partial charge in [0.2, 0.25) is 6.79 Å². The first kappa shape index (κ1) is 16.9. The minimum absolute atomic E-state index is 0.270. The number of rotatable bonds is 5. The van der Waals surface area contributed by atoms with Gasteiger partial charge in [0.1, 0.15) is 13.1 Å². The van der Waals surface area contributed by atoms with E-state index in [9.17, 15) is 0 Å². The van der Waals surface area contributed by atoms with Gasteiger partial charge in [0.05, 0.1) is 32.0 Å². The summed E-state index contributed by atoms with van der Waals surface area (Å²) in [6, 6.07) is 5.76. The highest BCUT2D eigenvalue weighted by atomic mass is 32.1. The lowest BCUT2D eigenvalue weighted by Crippen LogP contribution is -3.14. The van der Waals surface area contributed by atoms with Crippen LogP contribution in [-0.2, 0) is 4.74 Å². The Hall–Kier alpha value is -1.90. The first-order valence-corrected chi connectivity index (χ1v) is 8.52. The number of benzene rings is 1. The lowest BCUT2D eigenvalue weighted by Gasteiger charge is -2.23. The van der Waals surface area contributed by atoms with Crippen molar-refractivity contribution in [1.82, 2.24) is 10.7 Å². The van der Waals surface area contributed by atoms with Crippen LogP contribution in [-0.4, -0.2) is 57.0 Å². The van der Waals surface area contributed by atoms with Crippen LogP contribution < -0.4 is 25.1 Å². The van der Waals surface area contributed by atoms with Gasteiger partial charge in [-0.2, -0.15) is 5.10 Å². The van der Waals surface area contributed by atoms with Gasteiger partial charge in [-0.05, 0) is 37.3 Å². The molecule has 2 heterocycles. The van der Waals surface area contributed by atoms with Crippen LogP contribution in [0.2, 0.25) is 0 Å². The molecular formula is C16H23N4O3S+. The Morgan fingerprint density at radius 2 is 2.04 bits per heavy atom. The molecule has 2 aliphatic rings. The Balaban J connectivity index is 1.43. The Morgan fingerprint density at radius 1 is 1.25 bits per heavy atom. The molecule has 7 nitrogen and oxygen atoms in total. The van der Waals surface area contributed by atoms with Crippen LogP contribution >= 0.6 is 12.2 Å². The lowest BCUT2D eigenvalue weighted by atomic mass is 10.1. The predicted molar refractivity (Wildman–Crippen MR) is 94.9 cm³/mol. The summed E-state index contributed by atoms with van der Waals surface area (Å²) < 4.78 is 16.0. The number of nitrogens with one attached hydrogen (secondary N) is 3. The van der Waals surface area contributed by atoms with Gasteiger partial charge in [-0.25, -0.2) is 0 Å². The summed E-state index contributed by atoms with van der Waals surface area (Å²) in [6.07, 6.45) is 0. The summed E-state index contributed by atoms with van der Waals surface area (Å²) in [5.74, 6) is 1.51. The van der Waals surface area contributed by atoms with E-state index in [1.54, 1.807) is 0 Å². The highest BCUT2D eigenvalue weighted by Crippen LogP contribution is 2.32. The largest absolute Gasteiger partial charge is 0.454 e. The van der Waals surface area contributed by atoms with Crippen LogP contribution in [0, 0.1) is 0 Å². The third-order valence-electron chi connectivity index (χ3n) is 4.08.